The van der Waals surface area contributed by atoms with Crippen molar-refractivity contribution in [3.63, 3.8) is 0 Å². The molecule has 1 fully saturated rings. The van der Waals surface area contributed by atoms with Crippen molar-refractivity contribution in [1.82, 2.24) is 20.2 Å². The lowest BCUT2D eigenvalue weighted by atomic mass is 9.93. The predicted molar refractivity (Wildman–Crippen MR) is 77.9 cm³/mol. The topological polar surface area (TPSA) is 58.1 Å². The second-order valence-corrected chi connectivity index (χ2v) is 6.44. The van der Waals surface area contributed by atoms with Crippen LogP contribution in [0.2, 0.25) is 0 Å². The molecule has 110 valence electrons. The molecule has 20 heavy (non-hydrogen) atoms. The summed E-state index contributed by atoms with van der Waals surface area (Å²) in [5.41, 5.74) is 0.822. The summed E-state index contributed by atoms with van der Waals surface area (Å²) in [5, 5.41) is 3.52. The van der Waals surface area contributed by atoms with Gasteiger partial charge in [-0.05, 0) is 12.8 Å². The van der Waals surface area contributed by atoms with Crippen LogP contribution in [-0.4, -0.2) is 39.9 Å². The number of likely N-dealkylation sites (tertiary alicyclic amines) is 1. The Bertz CT molecular complexity index is 433. The number of piperidine rings is 1. The first-order valence-electron chi connectivity index (χ1n) is 7.23. The maximum atomic E-state index is 12.2. The normalized spacial score (nSPS) is 17.2. The van der Waals surface area contributed by atoms with E-state index in [-0.39, 0.29) is 11.3 Å². The summed E-state index contributed by atoms with van der Waals surface area (Å²) in [6.45, 7) is 8.43. The van der Waals surface area contributed by atoms with Crippen molar-refractivity contribution in [3.8, 4) is 0 Å². The number of carbonyl (C=O) groups excluding carboxylic acids is 1. The van der Waals surface area contributed by atoms with Crippen LogP contribution in [0.15, 0.2) is 18.7 Å². The van der Waals surface area contributed by atoms with E-state index in [0.29, 0.717) is 6.04 Å². The summed E-state index contributed by atoms with van der Waals surface area (Å²) < 4.78 is 0. The molecule has 0 spiro atoms. The third kappa shape index (κ3) is 4.00. The molecule has 0 aliphatic carbocycles. The molecule has 5 nitrogen and oxygen atoms in total. The van der Waals surface area contributed by atoms with Crippen LogP contribution in [0, 0.1) is 5.41 Å². The maximum absolute atomic E-state index is 12.2. The molecular weight excluding hydrogens is 252 g/mol. The third-order valence-corrected chi connectivity index (χ3v) is 3.63. The van der Waals surface area contributed by atoms with Gasteiger partial charge >= 0.3 is 0 Å². The summed E-state index contributed by atoms with van der Waals surface area (Å²) in [4.78, 5) is 22.2. The van der Waals surface area contributed by atoms with Crippen molar-refractivity contribution in [2.24, 2.45) is 5.41 Å². The van der Waals surface area contributed by atoms with E-state index in [4.69, 9.17) is 0 Å². The van der Waals surface area contributed by atoms with E-state index in [1.165, 1.54) is 0 Å². The van der Waals surface area contributed by atoms with Crippen molar-refractivity contribution < 1.29 is 4.79 Å². The summed E-state index contributed by atoms with van der Waals surface area (Å²) in [6.07, 6.45) is 7.22. The Kier molecular flexibility index (Phi) is 4.70. The van der Waals surface area contributed by atoms with E-state index in [0.717, 1.165) is 38.0 Å². The van der Waals surface area contributed by atoms with Gasteiger partial charge in [-0.2, -0.15) is 0 Å². The number of nitrogens with one attached hydrogen (secondary N) is 1. The molecule has 1 N–H and O–H groups in total. The minimum Gasteiger partial charge on any atom is -0.342 e. The van der Waals surface area contributed by atoms with E-state index < -0.39 is 0 Å². The molecule has 2 heterocycles. The molecule has 1 aliphatic rings. The van der Waals surface area contributed by atoms with Crippen molar-refractivity contribution in [3.05, 3.63) is 24.3 Å². The first-order valence-corrected chi connectivity index (χ1v) is 7.23. The van der Waals surface area contributed by atoms with E-state index >= 15 is 0 Å². The van der Waals surface area contributed by atoms with Crippen LogP contribution in [0.5, 0.6) is 0 Å². The summed E-state index contributed by atoms with van der Waals surface area (Å²) in [6, 6.07) is 0.472. The minimum absolute atomic E-state index is 0.257. The molecule has 0 atom stereocenters. The number of aromatic nitrogens is 2. The van der Waals surface area contributed by atoms with Gasteiger partial charge < -0.3 is 10.2 Å². The van der Waals surface area contributed by atoms with Gasteiger partial charge in [-0.1, -0.05) is 20.8 Å². The number of hydrogen-bond donors (Lipinski definition) is 1. The van der Waals surface area contributed by atoms with Gasteiger partial charge in [0.2, 0.25) is 5.91 Å². The smallest absolute Gasteiger partial charge is 0.227 e. The Balaban J connectivity index is 1.76. The lowest BCUT2D eigenvalue weighted by Crippen LogP contribution is -2.48. The molecule has 0 unspecified atom stereocenters. The van der Waals surface area contributed by atoms with Crippen LogP contribution in [0.4, 0.5) is 0 Å². The highest BCUT2D eigenvalue weighted by atomic mass is 16.2. The monoisotopic (exact) mass is 276 g/mol. The molecule has 0 radical (unpaired) electrons. The molecule has 0 bridgehead atoms. The Morgan fingerprint density at radius 2 is 1.90 bits per heavy atom. The zero-order valence-electron chi connectivity index (χ0n) is 12.6. The Hall–Kier alpha value is -1.49. The average molecular weight is 276 g/mol. The zero-order valence-corrected chi connectivity index (χ0v) is 12.6. The average Bonchev–Trinajstić information content (AvgIpc) is 2.45. The van der Waals surface area contributed by atoms with E-state index in [2.05, 4.69) is 15.3 Å². The largest absolute Gasteiger partial charge is 0.342 e. The highest BCUT2D eigenvalue weighted by Gasteiger charge is 2.30. The molecule has 1 aliphatic heterocycles. The molecule has 0 saturated carbocycles. The van der Waals surface area contributed by atoms with Gasteiger partial charge in [-0.15, -0.1) is 0 Å². The summed E-state index contributed by atoms with van der Waals surface area (Å²) in [7, 11) is 0. The molecule has 0 aromatic carbocycles. The lowest BCUT2D eigenvalue weighted by molar-refractivity contribution is -0.140. The highest BCUT2D eigenvalue weighted by molar-refractivity contribution is 5.81. The quantitative estimate of drug-likeness (QED) is 0.911. The maximum Gasteiger partial charge on any atom is 0.227 e. The van der Waals surface area contributed by atoms with Crippen molar-refractivity contribution in [1.29, 1.82) is 0 Å². The van der Waals surface area contributed by atoms with Crippen molar-refractivity contribution in [2.75, 3.05) is 13.1 Å². The Morgan fingerprint density at radius 3 is 2.45 bits per heavy atom. The second-order valence-electron chi connectivity index (χ2n) is 6.44. The Morgan fingerprint density at radius 1 is 1.30 bits per heavy atom. The van der Waals surface area contributed by atoms with Gasteiger partial charge in [0.1, 0.15) is 6.33 Å². The molecule has 1 saturated heterocycles. The lowest BCUT2D eigenvalue weighted by Gasteiger charge is -2.36. The van der Waals surface area contributed by atoms with E-state index in [1.807, 2.05) is 38.1 Å². The Labute approximate surface area is 120 Å². The van der Waals surface area contributed by atoms with Gasteiger partial charge in [-0.3, -0.25) is 4.79 Å². The molecule has 1 aromatic heterocycles. The van der Waals surface area contributed by atoms with E-state index in [1.54, 1.807) is 6.33 Å². The van der Waals surface area contributed by atoms with Crippen LogP contribution >= 0.6 is 0 Å². The summed E-state index contributed by atoms with van der Waals surface area (Å²) >= 11 is 0. The number of hydrogen-bond acceptors (Lipinski definition) is 4. The van der Waals surface area contributed by atoms with Gasteiger partial charge in [0, 0.05) is 49.0 Å². The fraction of sp³-hybridized carbons (Fsp3) is 0.667. The van der Waals surface area contributed by atoms with Gasteiger partial charge in [0.25, 0.3) is 0 Å². The van der Waals surface area contributed by atoms with Crippen LogP contribution in [0.1, 0.15) is 39.2 Å². The minimum atomic E-state index is -0.276. The first kappa shape index (κ1) is 14.9. The first-order chi connectivity index (χ1) is 9.47. The molecule has 1 aromatic rings. The fourth-order valence-electron chi connectivity index (χ4n) is 2.44. The van der Waals surface area contributed by atoms with Crippen molar-refractivity contribution in [2.45, 2.75) is 46.2 Å². The molecule has 5 heteroatoms. The number of rotatable bonds is 3. The van der Waals surface area contributed by atoms with Gasteiger partial charge in [0.05, 0.1) is 0 Å². The van der Waals surface area contributed by atoms with Crippen LogP contribution in [0.25, 0.3) is 0 Å². The number of amides is 1. The van der Waals surface area contributed by atoms with Crippen molar-refractivity contribution >= 4 is 5.91 Å². The summed E-state index contributed by atoms with van der Waals surface area (Å²) in [5.74, 6) is 0.257. The highest BCUT2D eigenvalue weighted by Crippen LogP contribution is 2.21. The van der Waals surface area contributed by atoms with Crippen LogP contribution in [0.3, 0.4) is 0 Å². The molecule has 2 rings (SSSR count). The number of carbonyl (C=O) groups is 1. The van der Waals surface area contributed by atoms with Crippen LogP contribution in [-0.2, 0) is 11.3 Å². The van der Waals surface area contributed by atoms with Gasteiger partial charge in [0.15, 0.2) is 0 Å². The zero-order chi connectivity index (χ0) is 14.6. The molecular formula is C15H24N4O. The third-order valence-electron chi connectivity index (χ3n) is 3.63. The van der Waals surface area contributed by atoms with Gasteiger partial charge in [-0.25, -0.2) is 9.97 Å². The number of nitrogens with zero attached hydrogens (tertiary/aromatic N) is 3. The van der Waals surface area contributed by atoms with E-state index in [9.17, 15) is 4.79 Å². The van der Waals surface area contributed by atoms with Crippen LogP contribution < -0.4 is 5.32 Å². The predicted octanol–water partition coefficient (Wildman–Crippen LogP) is 1.60. The SMILES string of the molecule is CC(C)(C)C(=O)N1CCC(NCc2cncnc2)CC1. The fourth-order valence-corrected chi connectivity index (χ4v) is 2.44. The standard InChI is InChI=1S/C15H24N4O/c1-15(2,3)14(20)19-6-4-13(5-7-19)18-10-12-8-16-11-17-9-12/h8-9,11,13,18H,4-7,10H2,1-3H3. The molecule has 1 amide bonds. The second kappa shape index (κ2) is 6.31.